The third kappa shape index (κ3) is 5.70. The number of unbranched alkanes of at least 4 members (excludes halogenated alkanes) is 3. The molecule has 0 aliphatic carbocycles. The van der Waals surface area contributed by atoms with Gasteiger partial charge in [-0.05, 0) is 61.3 Å². The molecule has 0 spiro atoms. The zero-order chi connectivity index (χ0) is 16.4. The number of aryl methyl sites for hydroxylation is 1. The highest BCUT2D eigenvalue weighted by atomic mass is 16.5. The molecule has 1 rings (SSSR count). The van der Waals surface area contributed by atoms with E-state index in [0.29, 0.717) is 5.75 Å². The number of hydrogen-bond acceptors (Lipinski definition) is 2. The molecule has 0 aromatic heterocycles. The van der Waals surface area contributed by atoms with E-state index in [1.165, 1.54) is 36.0 Å². The van der Waals surface area contributed by atoms with Gasteiger partial charge in [0, 0.05) is 0 Å². The van der Waals surface area contributed by atoms with Crippen molar-refractivity contribution < 1.29 is 9.53 Å². The van der Waals surface area contributed by atoms with Crippen molar-refractivity contribution in [1.29, 1.82) is 0 Å². The van der Waals surface area contributed by atoms with Crippen molar-refractivity contribution in [1.82, 2.24) is 0 Å². The summed E-state index contributed by atoms with van der Waals surface area (Å²) in [6, 6.07) is 4.05. The fourth-order valence-corrected chi connectivity index (χ4v) is 2.82. The summed E-state index contributed by atoms with van der Waals surface area (Å²) in [7, 11) is 0. The zero-order valence-electron chi connectivity index (χ0n) is 14.4. The minimum atomic E-state index is -0.722. The summed E-state index contributed by atoms with van der Waals surface area (Å²) in [5, 5.41) is 0. The number of hydrogen-bond donors (Lipinski definition) is 1. The Morgan fingerprint density at radius 2 is 1.45 bits per heavy atom. The highest BCUT2D eigenvalue weighted by Crippen LogP contribution is 2.30. The van der Waals surface area contributed by atoms with Crippen LogP contribution in [-0.4, -0.2) is 6.09 Å². The molecular formula is C19H31NO2. The first kappa shape index (κ1) is 18.5. The Morgan fingerprint density at radius 3 is 2.00 bits per heavy atom. The van der Waals surface area contributed by atoms with Crippen molar-refractivity contribution in [3.8, 4) is 5.75 Å². The maximum absolute atomic E-state index is 11.2. The number of benzene rings is 1. The molecule has 2 N–H and O–H groups in total. The first-order valence-electron chi connectivity index (χ1n) is 8.74. The number of nitrogens with two attached hydrogens (primary N) is 1. The van der Waals surface area contributed by atoms with Crippen molar-refractivity contribution in [3.05, 3.63) is 28.8 Å². The Labute approximate surface area is 135 Å². The Morgan fingerprint density at radius 1 is 0.909 bits per heavy atom. The predicted octanol–water partition coefficient (Wildman–Crippen LogP) is 5.17. The SMILES string of the molecule is CCCCc1ccc(OC(N)=O)c(CCCC)c1CCCC. The van der Waals surface area contributed by atoms with Gasteiger partial charge in [-0.1, -0.05) is 46.1 Å². The van der Waals surface area contributed by atoms with E-state index in [1.54, 1.807) is 0 Å². The Bertz CT molecular complexity index is 469. The van der Waals surface area contributed by atoms with Gasteiger partial charge in [-0.15, -0.1) is 0 Å². The number of carbonyl (C=O) groups is 1. The fourth-order valence-electron chi connectivity index (χ4n) is 2.82. The van der Waals surface area contributed by atoms with Crippen LogP contribution < -0.4 is 10.5 Å². The smallest absolute Gasteiger partial charge is 0.409 e. The van der Waals surface area contributed by atoms with Gasteiger partial charge in [0.2, 0.25) is 0 Å². The van der Waals surface area contributed by atoms with E-state index in [1.807, 2.05) is 6.07 Å². The molecule has 0 aliphatic heterocycles. The molecule has 3 nitrogen and oxygen atoms in total. The Balaban J connectivity index is 3.19. The summed E-state index contributed by atoms with van der Waals surface area (Å²) >= 11 is 0. The average Bonchev–Trinajstić information content (AvgIpc) is 2.50. The lowest BCUT2D eigenvalue weighted by Crippen LogP contribution is -2.18. The van der Waals surface area contributed by atoms with E-state index in [9.17, 15) is 4.79 Å². The molecule has 124 valence electrons. The fraction of sp³-hybridized carbons (Fsp3) is 0.632. The lowest BCUT2D eigenvalue weighted by Gasteiger charge is -2.18. The van der Waals surface area contributed by atoms with Crippen LogP contribution in [0.1, 0.15) is 76.0 Å². The number of ether oxygens (including phenoxy) is 1. The second-order valence-corrected chi connectivity index (χ2v) is 5.91. The van der Waals surface area contributed by atoms with Crippen LogP contribution >= 0.6 is 0 Å². The van der Waals surface area contributed by atoms with Crippen LogP contribution in [0.25, 0.3) is 0 Å². The molecule has 0 saturated carbocycles. The van der Waals surface area contributed by atoms with E-state index >= 15 is 0 Å². The van der Waals surface area contributed by atoms with Crippen molar-refractivity contribution in [2.24, 2.45) is 5.73 Å². The van der Waals surface area contributed by atoms with E-state index in [0.717, 1.165) is 38.5 Å². The maximum atomic E-state index is 11.2. The molecule has 0 aliphatic rings. The van der Waals surface area contributed by atoms with Crippen molar-refractivity contribution in [3.63, 3.8) is 0 Å². The second-order valence-electron chi connectivity index (χ2n) is 5.91. The standard InChI is InChI=1S/C19H31NO2/c1-4-7-10-15-13-14-18(22-19(20)21)17(12-9-6-3)16(15)11-8-5-2/h13-14H,4-12H2,1-3H3,(H2,20,21). The van der Waals surface area contributed by atoms with Crippen LogP contribution in [0.2, 0.25) is 0 Å². The van der Waals surface area contributed by atoms with Gasteiger partial charge in [-0.25, -0.2) is 4.79 Å². The lowest BCUT2D eigenvalue weighted by molar-refractivity contribution is 0.210. The van der Waals surface area contributed by atoms with E-state index in [4.69, 9.17) is 10.5 Å². The third-order valence-electron chi connectivity index (χ3n) is 4.06. The van der Waals surface area contributed by atoms with Gasteiger partial charge >= 0.3 is 6.09 Å². The predicted molar refractivity (Wildman–Crippen MR) is 92.5 cm³/mol. The van der Waals surface area contributed by atoms with Crippen LogP contribution in [0.4, 0.5) is 4.79 Å². The summed E-state index contributed by atoms with van der Waals surface area (Å²) in [6.45, 7) is 6.61. The molecule has 0 fully saturated rings. The summed E-state index contributed by atoms with van der Waals surface area (Å²) in [6.07, 6.45) is 9.35. The Hall–Kier alpha value is -1.51. The molecule has 0 bridgehead atoms. The monoisotopic (exact) mass is 305 g/mol. The van der Waals surface area contributed by atoms with E-state index < -0.39 is 6.09 Å². The van der Waals surface area contributed by atoms with Crippen LogP contribution in [0.15, 0.2) is 12.1 Å². The Kier molecular flexibility index (Phi) is 8.64. The first-order chi connectivity index (χ1) is 10.6. The van der Waals surface area contributed by atoms with Gasteiger partial charge in [-0.2, -0.15) is 0 Å². The zero-order valence-corrected chi connectivity index (χ0v) is 14.4. The summed E-state index contributed by atoms with van der Waals surface area (Å²) in [5.74, 6) is 0.660. The van der Waals surface area contributed by atoms with Crippen LogP contribution in [-0.2, 0) is 19.3 Å². The topological polar surface area (TPSA) is 52.3 Å². The largest absolute Gasteiger partial charge is 0.410 e. The van der Waals surface area contributed by atoms with Crippen LogP contribution in [0, 0.1) is 0 Å². The molecule has 1 aromatic rings. The molecule has 0 unspecified atom stereocenters. The van der Waals surface area contributed by atoms with Gasteiger partial charge in [-0.3, -0.25) is 0 Å². The van der Waals surface area contributed by atoms with Gasteiger partial charge in [0.05, 0.1) is 0 Å². The quantitative estimate of drug-likeness (QED) is 0.648. The molecule has 22 heavy (non-hydrogen) atoms. The van der Waals surface area contributed by atoms with Crippen molar-refractivity contribution >= 4 is 6.09 Å². The lowest BCUT2D eigenvalue weighted by atomic mass is 9.90. The number of rotatable bonds is 10. The molecular weight excluding hydrogens is 274 g/mol. The van der Waals surface area contributed by atoms with Gasteiger partial charge in [0.25, 0.3) is 0 Å². The summed E-state index contributed by atoms with van der Waals surface area (Å²) in [5.41, 5.74) is 9.23. The molecule has 0 heterocycles. The van der Waals surface area contributed by atoms with Crippen LogP contribution in [0.3, 0.4) is 0 Å². The molecule has 0 atom stereocenters. The van der Waals surface area contributed by atoms with Crippen LogP contribution in [0.5, 0.6) is 5.75 Å². The van der Waals surface area contributed by atoms with Crippen molar-refractivity contribution in [2.45, 2.75) is 78.6 Å². The van der Waals surface area contributed by atoms with Gasteiger partial charge < -0.3 is 10.5 Å². The number of primary amides is 1. The van der Waals surface area contributed by atoms with E-state index in [-0.39, 0.29) is 0 Å². The minimum absolute atomic E-state index is 0.660. The molecule has 0 radical (unpaired) electrons. The van der Waals surface area contributed by atoms with E-state index in [2.05, 4.69) is 26.8 Å². The minimum Gasteiger partial charge on any atom is -0.410 e. The molecule has 3 heteroatoms. The summed E-state index contributed by atoms with van der Waals surface area (Å²) < 4.78 is 5.26. The highest BCUT2D eigenvalue weighted by molar-refractivity contribution is 5.69. The third-order valence-corrected chi connectivity index (χ3v) is 4.06. The molecule has 1 amide bonds. The second kappa shape index (κ2) is 10.3. The first-order valence-corrected chi connectivity index (χ1v) is 8.74. The van der Waals surface area contributed by atoms with Gasteiger partial charge in [0.1, 0.15) is 5.75 Å². The number of amides is 1. The number of carbonyl (C=O) groups excluding carboxylic acids is 1. The van der Waals surface area contributed by atoms with Crippen molar-refractivity contribution in [2.75, 3.05) is 0 Å². The molecule has 1 aromatic carbocycles. The maximum Gasteiger partial charge on any atom is 0.409 e. The molecule has 0 saturated heterocycles. The average molecular weight is 305 g/mol. The van der Waals surface area contributed by atoms with Gasteiger partial charge in [0.15, 0.2) is 0 Å². The highest BCUT2D eigenvalue weighted by Gasteiger charge is 2.15. The normalized spacial score (nSPS) is 10.7. The summed E-state index contributed by atoms with van der Waals surface area (Å²) in [4.78, 5) is 11.2.